The highest BCUT2D eigenvalue weighted by molar-refractivity contribution is 5.20. The molecule has 3 atom stereocenters. The van der Waals surface area contributed by atoms with Crippen LogP contribution in [0.15, 0.2) is 54.9 Å². The van der Waals surface area contributed by atoms with Gasteiger partial charge in [-0.05, 0) is 61.1 Å². The van der Waals surface area contributed by atoms with Gasteiger partial charge in [0.2, 0.25) is 0 Å². The Kier molecular flexibility index (Phi) is 4.66. The number of aliphatic hydroxyl groups excluding tert-OH is 1. The minimum Gasteiger partial charge on any atom is -0.393 e. The first kappa shape index (κ1) is 14.3. The summed E-state index contributed by atoms with van der Waals surface area (Å²) in [4.78, 5) is 4.17. The number of benzene rings is 1. The number of hydrogen-bond acceptors (Lipinski definition) is 2. The van der Waals surface area contributed by atoms with Gasteiger partial charge in [0.25, 0.3) is 0 Å². The van der Waals surface area contributed by atoms with Crippen LogP contribution in [0.2, 0.25) is 0 Å². The number of hydrogen-bond donors (Lipinski definition) is 1. The van der Waals surface area contributed by atoms with Crippen molar-refractivity contribution in [3.8, 4) is 0 Å². The van der Waals surface area contributed by atoms with E-state index < -0.39 is 0 Å². The first-order valence-electron chi connectivity index (χ1n) is 7.95. The second-order valence-corrected chi connectivity index (χ2v) is 6.15. The van der Waals surface area contributed by atoms with Crippen LogP contribution in [0.3, 0.4) is 0 Å². The van der Waals surface area contributed by atoms with E-state index in [1.165, 1.54) is 11.1 Å². The highest BCUT2D eigenvalue weighted by Crippen LogP contribution is 2.38. The third kappa shape index (κ3) is 3.70. The Hall–Kier alpha value is -1.67. The average molecular weight is 281 g/mol. The Labute approximate surface area is 126 Å². The average Bonchev–Trinajstić information content (AvgIpc) is 2.56. The number of aromatic nitrogens is 1. The second kappa shape index (κ2) is 6.86. The molecule has 0 spiro atoms. The summed E-state index contributed by atoms with van der Waals surface area (Å²) in [5.41, 5.74) is 2.70. The van der Waals surface area contributed by atoms with Gasteiger partial charge < -0.3 is 5.11 Å². The first-order chi connectivity index (χ1) is 10.3. The van der Waals surface area contributed by atoms with E-state index in [2.05, 4.69) is 41.4 Å². The zero-order valence-electron chi connectivity index (χ0n) is 12.4. The van der Waals surface area contributed by atoms with Gasteiger partial charge in [0.1, 0.15) is 0 Å². The van der Waals surface area contributed by atoms with Gasteiger partial charge in [0.15, 0.2) is 0 Å². The van der Waals surface area contributed by atoms with Gasteiger partial charge in [-0.2, -0.15) is 0 Å². The predicted molar refractivity (Wildman–Crippen MR) is 85.1 cm³/mol. The smallest absolute Gasteiger partial charge is 0.0568 e. The van der Waals surface area contributed by atoms with Crippen LogP contribution in [0, 0.1) is 5.92 Å². The van der Waals surface area contributed by atoms with E-state index in [4.69, 9.17) is 0 Å². The second-order valence-electron chi connectivity index (χ2n) is 6.15. The van der Waals surface area contributed by atoms with E-state index in [-0.39, 0.29) is 6.10 Å². The monoisotopic (exact) mass is 281 g/mol. The van der Waals surface area contributed by atoms with Crippen LogP contribution in [0.5, 0.6) is 0 Å². The highest BCUT2D eigenvalue weighted by atomic mass is 16.3. The van der Waals surface area contributed by atoms with Crippen molar-refractivity contribution in [2.24, 2.45) is 5.92 Å². The molecule has 0 aliphatic heterocycles. The molecule has 1 heterocycles. The molecule has 1 fully saturated rings. The van der Waals surface area contributed by atoms with Gasteiger partial charge >= 0.3 is 0 Å². The van der Waals surface area contributed by atoms with Crippen molar-refractivity contribution in [3.05, 3.63) is 66.0 Å². The first-order valence-corrected chi connectivity index (χ1v) is 7.95. The summed E-state index contributed by atoms with van der Waals surface area (Å²) >= 11 is 0. The van der Waals surface area contributed by atoms with Crippen molar-refractivity contribution >= 4 is 0 Å². The van der Waals surface area contributed by atoms with Crippen LogP contribution >= 0.6 is 0 Å². The van der Waals surface area contributed by atoms with Crippen molar-refractivity contribution in [2.75, 3.05) is 0 Å². The zero-order valence-corrected chi connectivity index (χ0v) is 12.4. The molecule has 1 aliphatic rings. The molecule has 3 rings (SSSR count). The minimum atomic E-state index is -0.137. The lowest BCUT2D eigenvalue weighted by Crippen LogP contribution is -2.28. The maximum absolute atomic E-state index is 10.3. The third-order valence-electron chi connectivity index (χ3n) is 4.74. The standard InChI is InChI=1S/C19H23NO/c21-19-11-10-17(16-6-2-1-3-7-16)13-18(19)9-8-15-5-4-12-20-14-15/h1-7,12,14,17-19,21H,8-11,13H2. The fourth-order valence-electron chi connectivity index (χ4n) is 3.48. The molecule has 3 unspecified atom stereocenters. The van der Waals surface area contributed by atoms with Gasteiger partial charge in [-0.3, -0.25) is 4.98 Å². The van der Waals surface area contributed by atoms with E-state index in [9.17, 15) is 5.11 Å². The maximum Gasteiger partial charge on any atom is 0.0568 e. The summed E-state index contributed by atoms with van der Waals surface area (Å²) in [6.45, 7) is 0. The van der Waals surface area contributed by atoms with Crippen LogP contribution in [0.1, 0.15) is 42.7 Å². The molecule has 2 nitrogen and oxygen atoms in total. The van der Waals surface area contributed by atoms with Crippen molar-refractivity contribution in [1.82, 2.24) is 4.98 Å². The van der Waals surface area contributed by atoms with E-state index >= 15 is 0 Å². The Morgan fingerprint density at radius 3 is 2.67 bits per heavy atom. The van der Waals surface area contributed by atoms with Crippen molar-refractivity contribution in [1.29, 1.82) is 0 Å². The predicted octanol–water partition coefficient (Wildman–Crippen LogP) is 3.96. The molecule has 1 aromatic carbocycles. The Balaban J connectivity index is 1.61. The maximum atomic E-state index is 10.3. The molecule has 1 N–H and O–H groups in total. The van der Waals surface area contributed by atoms with Crippen LogP contribution < -0.4 is 0 Å². The van der Waals surface area contributed by atoms with Crippen LogP contribution in [0.4, 0.5) is 0 Å². The van der Waals surface area contributed by atoms with Crippen molar-refractivity contribution in [3.63, 3.8) is 0 Å². The zero-order chi connectivity index (χ0) is 14.5. The topological polar surface area (TPSA) is 33.1 Å². The summed E-state index contributed by atoms with van der Waals surface area (Å²) in [6.07, 6.45) is 8.81. The molecule has 110 valence electrons. The lowest BCUT2D eigenvalue weighted by molar-refractivity contribution is 0.0575. The Morgan fingerprint density at radius 2 is 1.90 bits per heavy atom. The molecule has 0 radical (unpaired) electrons. The largest absolute Gasteiger partial charge is 0.393 e. The van der Waals surface area contributed by atoms with Crippen molar-refractivity contribution in [2.45, 2.75) is 44.1 Å². The Bertz CT molecular complexity index is 540. The molecule has 2 heteroatoms. The summed E-state index contributed by atoms with van der Waals surface area (Å²) in [5.74, 6) is 1.01. The molecular formula is C19H23NO. The lowest BCUT2D eigenvalue weighted by Gasteiger charge is -2.33. The highest BCUT2D eigenvalue weighted by Gasteiger charge is 2.29. The molecule has 1 saturated carbocycles. The third-order valence-corrected chi connectivity index (χ3v) is 4.74. The molecule has 2 aromatic rings. The fraction of sp³-hybridized carbons (Fsp3) is 0.421. The fourth-order valence-corrected chi connectivity index (χ4v) is 3.48. The number of aryl methyl sites for hydroxylation is 1. The lowest BCUT2D eigenvalue weighted by atomic mass is 9.74. The number of pyridine rings is 1. The molecular weight excluding hydrogens is 258 g/mol. The van der Waals surface area contributed by atoms with Gasteiger partial charge in [-0.1, -0.05) is 36.4 Å². The summed E-state index contributed by atoms with van der Waals surface area (Å²) in [6, 6.07) is 14.9. The molecule has 0 saturated heterocycles. The summed E-state index contributed by atoms with van der Waals surface area (Å²) in [7, 11) is 0. The van der Waals surface area contributed by atoms with E-state index in [0.29, 0.717) is 11.8 Å². The quantitative estimate of drug-likeness (QED) is 0.920. The molecule has 1 aliphatic carbocycles. The van der Waals surface area contributed by atoms with Crippen LogP contribution in [0.25, 0.3) is 0 Å². The van der Waals surface area contributed by atoms with Crippen molar-refractivity contribution < 1.29 is 5.11 Å². The normalized spacial score (nSPS) is 25.7. The van der Waals surface area contributed by atoms with Gasteiger partial charge in [-0.25, -0.2) is 0 Å². The summed E-state index contributed by atoms with van der Waals surface area (Å²) in [5, 5.41) is 10.3. The molecule has 21 heavy (non-hydrogen) atoms. The molecule has 1 aromatic heterocycles. The van der Waals surface area contributed by atoms with Gasteiger partial charge in [-0.15, -0.1) is 0 Å². The SMILES string of the molecule is OC1CCC(c2ccccc2)CC1CCc1cccnc1. The number of aliphatic hydroxyl groups is 1. The van der Waals surface area contributed by atoms with E-state index in [1.54, 1.807) is 0 Å². The summed E-state index contributed by atoms with van der Waals surface area (Å²) < 4.78 is 0. The Morgan fingerprint density at radius 1 is 1.05 bits per heavy atom. The van der Waals surface area contributed by atoms with Crippen LogP contribution in [-0.4, -0.2) is 16.2 Å². The van der Waals surface area contributed by atoms with Crippen LogP contribution in [-0.2, 0) is 6.42 Å². The molecule has 0 bridgehead atoms. The molecule has 0 amide bonds. The van der Waals surface area contributed by atoms with E-state index in [1.807, 2.05) is 18.5 Å². The van der Waals surface area contributed by atoms with E-state index in [0.717, 1.165) is 32.1 Å². The minimum absolute atomic E-state index is 0.137. The number of nitrogens with zero attached hydrogens (tertiary/aromatic N) is 1. The number of rotatable bonds is 4. The van der Waals surface area contributed by atoms with Gasteiger partial charge in [0.05, 0.1) is 6.10 Å². The van der Waals surface area contributed by atoms with Gasteiger partial charge in [0, 0.05) is 12.4 Å².